The van der Waals surface area contributed by atoms with Crippen LogP contribution in [0, 0.1) is 5.92 Å². The number of nitrogens with zero attached hydrogens (tertiary/aromatic N) is 4. The molecule has 1 atom stereocenters. The Morgan fingerprint density at radius 3 is 3.10 bits per heavy atom. The van der Waals surface area contributed by atoms with Crippen molar-refractivity contribution in [1.82, 2.24) is 20.2 Å². The number of anilines is 2. The summed E-state index contributed by atoms with van der Waals surface area (Å²) in [6, 6.07) is 3.79. The Labute approximate surface area is 180 Å². The van der Waals surface area contributed by atoms with Crippen molar-refractivity contribution in [3.8, 4) is 0 Å². The van der Waals surface area contributed by atoms with Crippen molar-refractivity contribution in [2.45, 2.75) is 42.8 Å². The summed E-state index contributed by atoms with van der Waals surface area (Å²) in [6.45, 7) is 2.90. The number of thioether (sulfide) groups is 1. The summed E-state index contributed by atoms with van der Waals surface area (Å²) in [5.74, 6) is 3.56. The van der Waals surface area contributed by atoms with Crippen molar-refractivity contribution in [3.05, 3.63) is 40.4 Å². The van der Waals surface area contributed by atoms with Crippen LogP contribution in [-0.4, -0.2) is 20.2 Å². The molecule has 0 amide bonds. The Morgan fingerprint density at radius 1 is 1.31 bits per heavy atom. The zero-order chi connectivity index (χ0) is 19.8. The maximum absolute atomic E-state index is 6.32. The average molecular weight is 445 g/mol. The van der Waals surface area contributed by atoms with Crippen LogP contribution in [0.4, 0.5) is 10.9 Å². The van der Waals surface area contributed by atoms with Gasteiger partial charge in [-0.2, -0.15) is 0 Å². The monoisotopic (exact) mass is 444 g/mol. The van der Waals surface area contributed by atoms with Gasteiger partial charge in [0.2, 0.25) is 5.13 Å². The van der Waals surface area contributed by atoms with E-state index in [-0.39, 0.29) is 0 Å². The zero-order valence-electron chi connectivity index (χ0n) is 15.8. The molecule has 0 aliphatic heterocycles. The molecule has 0 aromatic carbocycles. The van der Waals surface area contributed by atoms with E-state index < -0.39 is 0 Å². The van der Waals surface area contributed by atoms with Crippen LogP contribution in [0.25, 0.3) is 10.2 Å². The van der Waals surface area contributed by atoms with Gasteiger partial charge in [-0.25, -0.2) is 9.97 Å². The van der Waals surface area contributed by atoms with Gasteiger partial charge < -0.3 is 15.5 Å². The largest absolute Gasteiger partial charge is 0.467 e. The highest BCUT2D eigenvalue weighted by Gasteiger charge is 2.23. The van der Waals surface area contributed by atoms with Crippen LogP contribution in [0.3, 0.4) is 0 Å². The summed E-state index contributed by atoms with van der Waals surface area (Å²) < 4.78 is 6.18. The lowest BCUT2D eigenvalue weighted by molar-refractivity contribution is 0.509. The minimum atomic E-state index is 0.588. The van der Waals surface area contributed by atoms with Gasteiger partial charge in [0.15, 0.2) is 4.34 Å². The van der Waals surface area contributed by atoms with Crippen LogP contribution in [0.1, 0.15) is 35.4 Å². The van der Waals surface area contributed by atoms with Gasteiger partial charge in [0, 0.05) is 4.88 Å². The number of hydrogen-bond acceptors (Lipinski definition) is 10. The number of aryl methyl sites for hydroxylation is 1. The molecule has 0 radical (unpaired) electrons. The number of thiophene rings is 1. The van der Waals surface area contributed by atoms with Gasteiger partial charge in [0.05, 0.1) is 23.9 Å². The van der Waals surface area contributed by atoms with E-state index in [1.807, 2.05) is 12.1 Å². The second kappa shape index (κ2) is 7.92. The van der Waals surface area contributed by atoms with Crippen molar-refractivity contribution in [2.24, 2.45) is 5.92 Å². The predicted molar refractivity (Wildman–Crippen MR) is 119 cm³/mol. The number of fused-ring (bicyclic) bond motifs is 3. The standard InChI is InChI=1S/C19H20N6OS3/c1-10-4-5-12-13(7-10)28-17-15(12)16(20)22-14(23-17)9-27-19-25-24-18(29-19)21-8-11-3-2-6-26-11/h2-3,6,10H,4-5,7-9H2,1H3,(H,21,24)(H2,20,22,23). The highest BCUT2D eigenvalue weighted by atomic mass is 32.2. The summed E-state index contributed by atoms with van der Waals surface area (Å²) in [7, 11) is 0. The zero-order valence-corrected chi connectivity index (χ0v) is 18.3. The van der Waals surface area contributed by atoms with Gasteiger partial charge >= 0.3 is 0 Å². The lowest BCUT2D eigenvalue weighted by atomic mass is 9.89. The average Bonchev–Trinajstić information content (AvgIpc) is 3.43. The van der Waals surface area contributed by atoms with E-state index in [1.165, 1.54) is 28.2 Å². The molecule has 0 fully saturated rings. The molecule has 10 heteroatoms. The van der Waals surface area contributed by atoms with Crippen LogP contribution in [0.2, 0.25) is 0 Å². The Bertz CT molecular complexity index is 1140. The first-order chi connectivity index (χ1) is 14.2. The molecule has 5 rings (SSSR count). The van der Waals surface area contributed by atoms with Crippen LogP contribution in [0.5, 0.6) is 0 Å². The molecule has 1 unspecified atom stereocenters. The molecule has 7 nitrogen and oxygen atoms in total. The normalized spacial score (nSPS) is 16.2. The Balaban J connectivity index is 1.27. The first kappa shape index (κ1) is 18.8. The molecule has 3 N–H and O–H groups in total. The molecule has 0 saturated carbocycles. The fourth-order valence-electron chi connectivity index (χ4n) is 3.52. The molecule has 1 aliphatic rings. The van der Waals surface area contributed by atoms with Crippen molar-refractivity contribution < 1.29 is 4.42 Å². The number of aromatic nitrogens is 4. The van der Waals surface area contributed by atoms with Gasteiger partial charge in [-0.3, -0.25) is 0 Å². The lowest BCUT2D eigenvalue weighted by Gasteiger charge is -2.17. The first-order valence-corrected chi connectivity index (χ1v) is 12.1. The third kappa shape index (κ3) is 3.96. The van der Waals surface area contributed by atoms with E-state index >= 15 is 0 Å². The summed E-state index contributed by atoms with van der Waals surface area (Å²) in [4.78, 5) is 11.8. The third-order valence-electron chi connectivity index (χ3n) is 4.95. The van der Waals surface area contributed by atoms with Gasteiger partial charge in [0.25, 0.3) is 0 Å². The Hall–Kier alpha value is -2.17. The van der Waals surface area contributed by atoms with Crippen molar-refractivity contribution in [3.63, 3.8) is 0 Å². The number of rotatable bonds is 6. The van der Waals surface area contributed by atoms with E-state index in [9.17, 15) is 0 Å². The summed E-state index contributed by atoms with van der Waals surface area (Å²) in [6.07, 6.45) is 5.07. The molecule has 1 aliphatic carbocycles. The minimum Gasteiger partial charge on any atom is -0.467 e. The molecule has 0 bridgehead atoms. The van der Waals surface area contributed by atoms with Crippen LogP contribution >= 0.6 is 34.4 Å². The number of hydrogen-bond donors (Lipinski definition) is 2. The molecule has 150 valence electrons. The molecule has 0 saturated heterocycles. The molecular weight excluding hydrogens is 424 g/mol. The van der Waals surface area contributed by atoms with Crippen molar-refractivity contribution in [2.75, 3.05) is 11.1 Å². The Kier molecular flexibility index (Phi) is 5.15. The van der Waals surface area contributed by atoms with E-state index in [0.717, 1.165) is 50.0 Å². The Morgan fingerprint density at radius 2 is 2.24 bits per heavy atom. The number of nitrogens with one attached hydrogen (secondary N) is 1. The smallest absolute Gasteiger partial charge is 0.206 e. The van der Waals surface area contributed by atoms with E-state index in [4.69, 9.17) is 15.1 Å². The number of nitrogen functional groups attached to an aromatic ring is 1. The second-order valence-corrected chi connectivity index (χ2v) is 10.4. The predicted octanol–water partition coefficient (Wildman–Crippen LogP) is 4.75. The van der Waals surface area contributed by atoms with Gasteiger partial charge in [-0.15, -0.1) is 21.5 Å². The van der Waals surface area contributed by atoms with Gasteiger partial charge in [-0.1, -0.05) is 30.0 Å². The van der Waals surface area contributed by atoms with Gasteiger partial charge in [-0.05, 0) is 42.9 Å². The summed E-state index contributed by atoms with van der Waals surface area (Å²) in [5, 5.41) is 13.5. The molecule has 0 spiro atoms. The maximum atomic E-state index is 6.32. The highest BCUT2D eigenvalue weighted by molar-refractivity contribution is 8.00. The highest BCUT2D eigenvalue weighted by Crippen LogP contribution is 2.39. The number of nitrogens with two attached hydrogens (primary N) is 1. The topological polar surface area (TPSA) is 103 Å². The number of furan rings is 1. The fourth-order valence-corrected chi connectivity index (χ4v) is 6.53. The van der Waals surface area contributed by atoms with Crippen LogP contribution in [-0.2, 0) is 25.1 Å². The quantitative estimate of drug-likeness (QED) is 0.411. The molecule has 29 heavy (non-hydrogen) atoms. The third-order valence-corrected chi connectivity index (χ3v) is 8.11. The van der Waals surface area contributed by atoms with E-state index in [2.05, 4.69) is 27.4 Å². The van der Waals surface area contributed by atoms with Gasteiger partial charge in [0.1, 0.15) is 22.2 Å². The molecule has 4 aromatic rings. The van der Waals surface area contributed by atoms with Crippen molar-refractivity contribution >= 4 is 55.6 Å². The summed E-state index contributed by atoms with van der Waals surface area (Å²) in [5.41, 5.74) is 7.69. The van der Waals surface area contributed by atoms with Crippen LogP contribution in [0.15, 0.2) is 27.2 Å². The second-order valence-electron chi connectivity index (χ2n) is 7.15. The van der Waals surface area contributed by atoms with E-state index in [0.29, 0.717) is 18.1 Å². The maximum Gasteiger partial charge on any atom is 0.206 e. The summed E-state index contributed by atoms with van der Waals surface area (Å²) >= 11 is 4.86. The first-order valence-electron chi connectivity index (χ1n) is 9.45. The molecule has 4 aromatic heterocycles. The molecule has 4 heterocycles. The van der Waals surface area contributed by atoms with Crippen LogP contribution < -0.4 is 11.1 Å². The molecular formula is C19H20N6OS3. The van der Waals surface area contributed by atoms with Crippen molar-refractivity contribution in [1.29, 1.82) is 0 Å². The lowest BCUT2D eigenvalue weighted by Crippen LogP contribution is -2.09. The fraction of sp³-hybridized carbons (Fsp3) is 0.368. The SMILES string of the molecule is CC1CCc2c(sc3nc(CSc4nnc(NCc5ccco5)s4)nc(N)c23)C1. The minimum absolute atomic E-state index is 0.588. The van der Waals surface area contributed by atoms with E-state index in [1.54, 1.807) is 29.4 Å².